The fraction of sp³-hybridized carbons (Fsp3) is 0.364. The van der Waals surface area contributed by atoms with Crippen LogP contribution in [0.2, 0.25) is 0 Å². The molecule has 0 amide bonds. The molecule has 2 aromatic heterocycles. The van der Waals surface area contributed by atoms with Crippen molar-refractivity contribution in [1.82, 2.24) is 19.7 Å². The van der Waals surface area contributed by atoms with Crippen LogP contribution in [0.4, 0.5) is 11.6 Å². The number of hydrogen-bond donors (Lipinski definition) is 2. The summed E-state index contributed by atoms with van der Waals surface area (Å²) in [6.45, 7) is 5.46. The van der Waals surface area contributed by atoms with E-state index in [4.69, 9.17) is 5.73 Å². The molecule has 0 saturated carbocycles. The molecule has 0 saturated heterocycles. The minimum absolute atomic E-state index is 0.512. The van der Waals surface area contributed by atoms with Crippen molar-refractivity contribution in [3.05, 3.63) is 29.8 Å². The van der Waals surface area contributed by atoms with Gasteiger partial charge in [-0.25, -0.2) is 9.97 Å². The maximum absolute atomic E-state index is 5.70. The van der Waals surface area contributed by atoms with Gasteiger partial charge in [0, 0.05) is 18.3 Å². The fourth-order valence-electron chi connectivity index (χ4n) is 1.52. The Hall–Kier alpha value is -2.11. The number of nitrogen functional groups attached to an aromatic ring is 1. The summed E-state index contributed by atoms with van der Waals surface area (Å²) in [6, 6.07) is 0. The molecule has 0 radical (unpaired) electrons. The fourth-order valence-corrected chi connectivity index (χ4v) is 1.52. The molecule has 6 nitrogen and oxygen atoms in total. The second-order valence-corrected chi connectivity index (χ2v) is 3.94. The summed E-state index contributed by atoms with van der Waals surface area (Å²) >= 11 is 0. The first kappa shape index (κ1) is 11.4. The molecule has 3 N–H and O–H groups in total. The van der Waals surface area contributed by atoms with Crippen LogP contribution in [-0.2, 0) is 6.54 Å². The van der Waals surface area contributed by atoms with Gasteiger partial charge >= 0.3 is 0 Å². The summed E-state index contributed by atoms with van der Waals surface area (Å²) in [5.41, 5.74) is 7.74. The highest BCUT2D eigenvalue weighted by Gasteiger charge is 2.03. The molecule has 0 bridgehead atoms. The Kier molecular flexibility index (Phi) is 3.22. The number of hydrogen-bond acceptors (Lipinski definition) is 5. The molecule has 2 rings (SSSR count). The third-order valence-electron chi connectivity index (χ3n) is 2.52. The van der Waals surface area contributed by atoms with E-state index in [1.807, 2.05) is 30.9 Å². The van der Waals surface area contributed by atoms with Crippen LogP contribution in [0.25, 0.3) is 0 Å². The lowest BCUT2D eigenvalue weighted by molar-refractivity contribution is 0.636. The summed E-state index contributed by atoms with van der Waals surface area (Å²) in [5, 5.41) is 7.43. The van der Waals surface area contributed by atoms with Gasteiger partial charge in [-0.1, -0.05) is 0 Å². The lowest BCUT2D eigenvalue weighted by Gasteiger charge is -2.09. The maximum Gasteiger partial charge on any atom is 0.134 e. The van der Waals surface area contributed by atoms with Gasteiger partial charge in [0.1, 0.15) is 18.0 Å². The Labute approximate surface area is 99.9 Å². The molecule has 0 aromatic carbocycles. The quantitative estimate of drug-likeness (QED) is 0.821. The normalized spacial score (nSPS) is 10.5. The van der Waals surface area contributed by atoms with Gasteiger partial charge in [0.2, 0.25) is 0 Å². The minimum Gasteiger partial charge on any atom is -0.383 e. The highest BCUT2D eigenvalue weighted by Crippen LogP contribution is 2.14. The van der Waals surface area contributed by atoms with Crippen molar-refractivity contribution in [3.63, 3.8) is 0 Å². The van der Waals surface area contributed by atoms with E-state index in [1.165, 1.54) is 6.33 Å². The van der Waals surface area contributed by atoms with E-state index in [0.717, 1.165) is 30.0 Å². The minimum atomic E-state index is 0.512. The number of nitrogens with one attached hydrogen (secondary N) is 1. The van der Waals surface area contributed by atoms with Gasteiger partial charge in [-0.05, 0) is 19.4 Å². The van der Waals surface area contributed by atoms with Crippen molar-refractivity contribution in [2.75, 3.05) is 17.6 Å². The smallest absolute Gasteiger partial charge is 0.134 e. The number of nitrogens with two attached hydrogens (primary N) is 1. The van der Waals surface area contributed by atoms with Gasteiger partial charge in [0.05, 0.1) is 12.7 Å². The van der Waals surface area contributed by atoms with Crippen molar-refractivity contribution >= 4 is 11.6 Å². The lowest BCUT2D eigenvalue weighted by atomic mass is 10.3. The Morgan fingerprint density at radius 3 is 2.88 bits per heavy atom. The summed E-state index contributed by atoms with van der Waals surface area (Å²) in [6.07, 6.45) is 5.31. The first-order valence-corrected chi connectivity index (χ1v) is 5.47. The number of anilines is 2. The molecule has 0 aliphatic carbocycles. The van der Waals surface area contributed by atoms with E-state index >= 15 is 0 Å². The molecule has 0 fully saturated rings. The van der Waals surface area contributed by atoms with Crippen LogP contribution in [0.1, 0.15) is 11.1 Å². The van der Waals surface area contributed by atoms with E-state index in [0.29, 0.717) is 5.82 Å². The summed E-state index contributed by atoms with van der Waals surface area (Å²) in [5.74, 6) is 1.29. The standard InChI is InChI=1S/C11H16N6/c1-8-5-16-17(6-8)4-3-13-11-9(2)10(12)14-7-15-11/h5-7H,3-4H2,1-2H3,(H3,12,13,14,15). The average molecular weight is 232 g/mol. The van der Waals surface area contributed by atoms with Crippen LogP contribution in [0.5, 0.6) is 0 Å². The number of aromatic nitrogens is 4. The second kappa shape index (κ2) is 4.82. The largest absolute Gasteiger partial charge is 0.383 e. The highest BCUT2D eigenvalue weighted by atomic mass is 15.3. The van der Waals surface area contributed by atoms with Crippen molar-refractivity contribution in [1.29, 1.82) is 0 Å². The topological polar surface area (TPSA) is 81.7 Å². The van der Waals surface area contributed by atoms with E-state index in [2.05, 4.69) is 20.4 Å². The molecule has 2 aromatic rings. The number of aryl methyl sites for hydroxylation is 1. The van der Waals surface area contributed by atoms with Gasteiger partial charge in [-0.15, -0.1) is 0 Å². The average Bonchev–Trinajstić information content (AvgIpc) is 2.70. The van der Waals surface area contributed by atoms with Crippen LogP contribution in [0.3, 0.4) is 0 Å². The van der Waals surface area contributed by atoms with Crippen LogP contribution < -0.4 is 11.1 Å². The van der Waals surface area contributed by atoms with Crippen molar-refractivity contribution in [3.8, 4) is 0 Å². The molecule has 0 unspecified atom stereocenters. The zero-order valence-electron chi connectivity index (χ0n) is 10.0. The van der Waals surface area contributed by atoms with Crippen LogP contribution in [-0.4, -0.2) is 26.3 Å². The van der Waals surface area contributed by atoms with Crippen molar-refractivity contribution in [2.24, 2.45) is 0 Å². The van der Waals surface area contributed by atoms with Crippen LogP contribution in [0, 0.1) is 13.8 Å². The Morgan fingerprint density at radius 2 is 2.18 bits per heavy atom. The number of rotatable bonds is 4. The SMILES string of the molecule is Cc1cnn(CCNc2ncnc(N)c2C)c1. The van der Waals surface area contributed by atoms with Gasteiger partial charge in [-0.2, -0.15) is 5.10 Å². The molecule has 0 aliphatic heterocycles. The maximum atomic E-state index is 5.70. The van der Waals surface area contributed by atoms with Crippen molar-refractivity contribution in [2.45, 2.75) is 20.4 Å². The highest BCUT2D eigenvalue weighted by molar-refractivity contribution is 5.53. The molecule has 17 heavy (non-hydrogen) atoms. The molecular formula is C11H16N6. The molecule has 0 aliphatic rings. The van der Waals surface area contributed by atoms with E-state index in [1.54, 1.807) is 0 Å². The predicted octanol–water partition coefficient (Wildman–Crippen LogP) is 0.984. The first-order chi connectivity index (χ1) is 8.16. The van der Waals surface area contributed by atoms with Crippen molar-refractivity contribution < 1.29 is 0 Å². The van der Waals surface area contributed by atoms with Crippen LogP contribution >= 0.6 is 0 Å². The van der Waals surface area contributed by atoms with E-state index in [-0.39, 0.29) is 0 Å². The van der Waals surface area contributed by atoms with Gasteiger partial charge in [0.15, 0.2) is 0 Å². The monoisotopic (exact) mass is 232 g/mol. The predicted molar refractivity (Wildman–Crippen MR) is 66.6 cm³/mol. The second-order valence-electron chi connectivity index (χ2n) is 3.94. The Morgan fingerprint density at radius 1 is 1.35 bits per heavy atom. The summed E-state index contributed by atoms with van der Waals surface area (Å²) < 4.78 is 1.89. The summed E-state index contributed by atoms with van der Waals surface area (Å²) in [4.78, 5) is 8.06. The molecule has 90 valence electrons. The third kappa shape index (κ3) is 2.72. The van der Waals surface area contributed by atoms with Gasteiger partial charge < -0.3 is 11.1 Å². The van der Waals surface area contributed by atoms with Gasteiger partial charge in [-0.3, -0.25) is 4.68 Å². The Balaban J connectivity index is 1.92. The number of nitrogens with zero attached hydrogens (tertiary/aromatic N) is 4. The van der Waals surface area contributed by atoms with Crippen LogP contribution in [0.15, 0.2) is 18.7 Å². The molecule has 2 heterocycles. The van der Waals surface area contributed by atoms with E-state index < -0.39 is 0 Å². The summed E-state index contributed by atoms with van der Waals surface area (Å²) in [7, 11) is 0. The first-order valence-electron chi connectivity index (χ1n) is 5.47. The Bertz CT molecular complexity index is 504. The van der Waals surface area contributed by atoms with Gasteiger partial charge in [0.25, 0.3) is 0 Å². The third-order valence-corrected chi connectivity index (χ3v) is 2.52. The molecule has 0 atom stereocenters. The molecule has 0 spiro atoms. The van der Waals surface area contributed by atoms with E-state index in [9.17, 15) is 0 Å². The lowest BCUT2D eigenvalue weighted by Crippen LogP contribution is -2.13. The molecular weight excluding hydrogens is 216 g/mol. The zero-order valence-corrected chi connectivity index (χ0v) is 10.0. The zero-order chi connectivity index (χ0) is 12.3. The molecule has 6 heteroatoms.